The lowest BCUT2D eigenvalue weighted by Crippen LogP contribution is -2.57. The summed E-state index contributed by atoms with van der Waals surface area (Å²) in [5, 5.41) is 9.75. The molecule has 0 amide bonds. The van der Waals surface area contributed by atoms with Crippen LogP contribution in [0.4, 0.5) is 0 Å². The quantitative estimate of drug-likeness (QED) is 0.785. The largest absolute Gasteiger partial charge is 0.395 e. The average Bonchev–Trinajstić information content (AvgIpc) is 2.84. The molecule has 112 valence electrons. The average molecular weight is 280 g/mol. The number of ether oxygens (including phenoxy) is 2. The third-order valence-corrected chi connectivity index (χ3v) is 4.53. The highest BCUT2D eigenvalue weighted by atomic mass is 16.7. The molecule has 1 atom stereocenters. The van der Waals surface area contributed by atoms with Crippen LogP contribution in [0, 0.1) is 10.8 Å². The van der Waals surface area contributed by atoms with Gasteiger partial charge in [-0.05, 0) is 12.8 Å². The summed E-state index contributed by atoms with van der Waals surface area (Å²) in [5.41, 5.74) is -1.47. The molecule has 1 heterocycles. The van der Waals surface area contributed by atoms with E-state index in [-0.39, 0.29) is 12.4 Å². The monoisotopic (exact) mass is 280 g/mol. The minimum absolute atomic E-state index is 0.0667. The molecule has 0 aromatic heterocycles. The predicted molar refractivity (Wildman–Crippen MR) is 76.1 cm³/mol. The van der Waals surface area contributed by atoms with Crippen LogP contribution in [0.25, 0.3) is 0 Å². The Morgan fingerprint density at radius 2 is 1.75 bits per heavy atom. The van der Waals surface area contributed by atoms with Gasteiger partial charge >= 0.3 is 0 Å². The molecule has 0 bridgehead atoms. The number of ketones is 1. The molecular weight excluding hydrogens is 256 g/mol. The molecule has 2 fully saturated rings. The molecule has 1 saturated heterocycles. The summed E-state index contributed by atoms with van der Waals surface area (Å²) in [7, 11) is 0. The lowest BCUT2D eigenvalue weighted by molar-refractivity contribution is -0.226. The van der Waals surface area contributed by atoms with Crippen LogP contribution in [0.2, 0.25) is 0 Å². The summed E-state index contributed by atoms with van der Waals surface area (Å²) in [4.78, 5) is 13.0. The van der Waals surface area contributed by atoms with Gasteiger partial charge in [-0.15, -0.1) is 13.2 Å². The van der Waals surface area contributed by atoms with Crippen molar-refractivity contribution >= 4 is 5.78 Å². The zero-order valence-corrected chi connectivity index (χ0v) is 12.2. The number of hydrogen-bond donors (Lipinski definition) is 1. The first-order chi connectivity index (χ1) is 9.46. The first-order valence-electron chi connectivity index (χ1n) is 7.11. The number of aliphatic hydroxyl groups is 1. The first kappa shape index (κ1) is 15.4. The van der Waals surface area contributed by atoms with Gasteiger partial charge in [-0.1, -0.05) is 19.1 Å². The molecule has 1 unspecified atom stereocenters. The van der Waals surface area contributed by atoms with E-state index >= 15 is 0 Å². The number of rotatable bonds is 5. The molecule has 4 nitrogen and oxygen atoms in total. The van der Waals surface area contributed by atoms with Crippen LogP contribution < -0.4 is 0 Å². The smallest absolute Gasteiger partial charge is 0.170 e. The van der Waals surface area contributed by atoms with Crippen LogP contribution in [0.3, 0.4) is 0 Å². The maximum absolute atomic E-state index is 13.0. The van der Waals surface area contributed by atoms with Crippen molar-refractivity contribution in [1.82, 2.24) is 0 Å². The number of Topliss-reactive ketones (excluding diaryl/α,β-unsaturated/α-hetero) is 1. The van der Waals surface area contributed by atoms with E-state index in [9.17, 15) is 9.90 Å². The summed E-state index contributed by atoms with van der Waals surface area (Å²) in [5.74, 6) is -0.686. The van der Waals surface area contributed by atoms with Gasteiger partial charge in [0.05, 0.1) is 25.2 Å². The fourth-order valence-corrected chi connectivity index (χ4v) is 3.77. The Hall–Kier alpha value is -0.970. The SMILES string of the molecule is C=CCC1(CC=C)CC2(CC(C)(CO)C1=O)OCCO2. The van der Waals surface area contributed by atoms with Crippen molar-refractivity contribution < 1.29 is 19.4 Å². The number of allylic oxidation sites excluding steroid dienone is 2. The highest BCUT2D eigenvalue weighted by Crippen LogP contribution is 2.54. The van der Waals surface area contributed by atoms with Crippen molar-refractivity contribution in [3.05, 3.63) is 25.3 Å². The Bertz CT molecular complexity index is 399. The Kier molecular flexibility index (Phi) is 4.19. The van der Waals surface area contributed by atoms with E-state index in [0.717, 1.165) is 0 Å². The second kappa shape index (κ2) is 5.43. The fraction of sp³-hybridized carbons (Fsp3) is 0.688. The molecule has 0 aromatic carbocycles. The fourth-order valence-electron chi connectivity index (χ4n) is 3.77. The lowest BCUT2D eigenvalue weighted by Gasteiger charge is -2.50. The number of carbonyl (C=O) groups excluding carboxylic acids is 1. The van der Waals surface area contributed by atoms with Crippen LogP contribution in [0.5, 0.6) is 0 Å². The van der Waals surface area contributed by atoms with E-state index in [1.807, 2.05) is 0 Å². The minimum Gasteiger partial charge on any atom is -0.395 e. The van der Waals surface area contributed by atoms with Crippen LogP contribution in [-0.4, -0.2) is 36.5 Å². The molecule has 1 aliphatic heterocycles. The van der Waals surface area contributed by atoms with Gasteiger partial charge in [-0.3, -0.25) is 4.79 Å². The second-order valence-corrected chi connectivity index (χ2v) is 6.27. The van der Waals surface area contributed by atoms with Gasteiger partial charge in [-0.25, -0.2) is 0 Å². The summed E-state index contributed by atoms with van der Waals surface area (Å²) in [6, 6.07) is 0. The Labute approximate surface area is 120 Å². The van der Waals surface area contributed by atoms with Gasteiger partial charge in [-0.2, -0.15) is 0 Å². The summed E-state index contributed by atoms with van der Waals surface area (Å²) in [6.45, 7) is 10.2. The summed E-state index contributed by atoms with van der Waals surface area (Å²) < 4.78 is 11.6. The van der Waals surface area contributed by atoms with E-state index in [0.29, 0.717) is 38.9 Å². The topological polar surface area (TPSA) is 55.8 Å². The van der Waals surface area contributed by atoms with Crippen LogP contribution in [0.1, 0.15) is 32.6 Å². The van der Waals surface area contributed by atoms with Gasteiger partial charge in [0.1, 0.15) is 5.78 Å². The highest BCUT2D eigenvalue weighted by Gasteiger charge is 2.60. The first-order valence-corrected chi connectivity index (χ1v) is 7.11. The molecule has 20 heavy (non-hydrogen) atoms. The Morgan fingerprint density at radius 3 is 2.20 bits per heavy atom. The zero-order chi connectivity index (χ0) is 14.9. The van der Waals surface area contributed by atoms with E-state index < -0.39 is 16.6 Å². The van der Waals surface area contributed by atoms with E-state index in [1.54, 1.807) is 19.1 Å². The molecule has 1 aliphatic carbocycles. The van der Waals surface area contributed by atoms with Gasteiger partial charge in [0, 0.05) is 18.3 Å². The lowest BCUT2D eigenvalue weighted by atomic mass is 9.57. The molecule has 1 saturated carbocycles. The molecular formula is C16H24O4. The van der Waals surface area contributed by atoms with Gasteiger partial charge in [0.2, 0.25) is 0 Å². The van der Waals surface area contributed by atoms with Crippen molar-refractivity contribution in [3.63, 3.8) is 0 Å². The normalized spacial score (nSPS) is 31.4. The van der Waals surface area contributed by atoms with Gasteiger partial charge < -0.3 is 14.6 Å². The summed E-state index contributed by atoms with van der Waals surface area (Å²) >= 11 is 0. The predicted octanol–water partition coefficient (Wildman–Crippen LogP) is 2.23. The standard InChI is InChI=1S/C16H24O4/c1-4-6-15(7-5-2)11-16(19-8-9-20-16)10-14(3,12-17)13(15)18/h4-5,17H,1-2,6-12H2,3H3. The van der Waals surface area contributed by atoms with E-state index in [1.165, 1.54) is 0 Å². The Balaban J connectivity index is 2.44. The zero-order valence-electron chi connectivity index (χ0n) is 12.2. The van der Waals surface area contributed by atoms with Crippen molar-refractivity contribution in [3.8, 4) is 0 Å². The van der Waals surface area contributed by atoms with Gasteiger partial charge in [0.25, 0.3) is 0 Å². The highest BCUT2D eigenvalue weighted by molar-refractivity contribution is 5.91. The minimum atomic E-state index is -0.839. The molecule has 4 heteroatoms. The second-order valence-electron chi connectivity index (χ2n) is 6.27. The van der Waals surface area contributed by atoms with Crippen LogP contribution in [-0.2, 0) is 14.3 Å². The molecule has 2 rings (SSSR count). The number of aliphatic hydroxyl groups excluding tert-OH is 1. The van der Waals surface area contributed by atoms with Crippen molar-refractivity contribution in [1.29, 1.82) is 0 Å². The molecule has 1 N–H and O–H groups in total. The molecule has 0 aromatic rings. The number of hydrogen-bond acceptors (Lipinski definition) is 4. The van der Waals surface area contributed by atoms with E-state index in [4.69, 9.17) is 9.47 Å². The molecule has 0 radical (unpaired) electrons. The van der Waals surface area contributed by atoms with Crippen LogP contribution >= 0.6 is 0 Å². The molecule has 1 spiro atoms. The third-order valence-electron chi connectivity index (χ3n) is 4.53. The van der Waals surface area contributed by atoms with Crippen molar-refractivity contribution in [2.75, 3.05) is 19.8 Å². The van der Waals surface area contributed by atoms with E-state index in [2.05, 4.69) is 13.2 Å². The Morgan fingerprint density at radius 1 is 1.20 bits per heavy atom. The number of carbonyl (C=O) groups is 1. The summed E-state index contributed by atoms with van der Waals surface area (Å²) in [6.07, 6.45) is 5.52. The van der Waals surface area contributed by atoms with Crippen molar-refractivity contribution in [2.45, 2.75) is 38.4 Å². The molecule has 2 aliphatic rings. The third kappa shape index (κ3) is 2.36. The van der Waals surface area contributed by atoms with Crippen LogP contribution in [0.15, 0.2) is 25.3 Å². The van der Waals surface area contributed by atoms with Gasteiger partial charge in [0.15, 0.2) is 5.79 Å². The van der Waals surface area contributed by atoms with Crippen molar-refractivity contribution in [2.24, 2.45) is 10.8 Å². The maximum Gasteiger partial charge on any atom is 0.170 e. The maximum atomic E-state index is 13.0.